The molecule has 0 saturated heterocycles. The number of hydrogen-bond donors (Lipinski definition) is 0. The van der Waals surface area contributed by atoms with Crippen LogP contribution in [0.4, 0.5) is 5.82 Å². The van der Waals surface area contributed by atoms with Crippen molar-refractivity contribution in [2.45, 2.75) is 11.8 Å². The molecule has 6 nitrogen and oxygen atoms in total. The van der Waals surface area contributed by atoms with Crippen LogP contribution in [0, 0.1) is 16.0 Å². The Hall–Kier alpha value is -1.21. The fraction of sp³-hybridized carbons (Fsp3) is 0.444. The molecule has 0 fully saturated rings. The first kappa shape index (κ1) is 13.9. The predicted molar refractivity (Wildman–Crippen MR) is 62.8 cm³/mol. The summed E-state index contributed by atoms with van der Waals surface area (Å²) in [7, 11) is -3.48. The smallest absolute Gasteiger partial charge is 0.358 e. The third-order valence-electron chi connectivity index (χ3n) is 2.03. The standard InChI is InChI=1S/C9H11ClN2O4S/c1-7(4-10)6-17(15,16)8-2-3-9(11-5-8)12(13)14/h2-3,5,7H,4,6H2,1H3. The Kier molecular flexibility index (Phi) is 4.41. The summed E-state index contributed by atoms with van der Waals surface area (Å²) in [6, 6.07) is 2.25. The number of alkyl halides is 1. The summed E-state index contributed by atoms with van der Waals surface area (Å²) in [5.41, 5.74) is 0. The van der Waals surface area contributed by atoms with Crippen LogP contribution >= 0.6 is 11.6 Å². The number of rotatable bonds is 5. The molecule has 1 unspecified atom stereocenters. The minimum absolute atomic E-state index is 0.0277. The summed E-state index contributed by atoms with van der Waals surface area (Å²) >= 11 is 5.54. The van der Waals surface area contributed by atoms with Crippen LogP contribution in [-0.4, -0.2) is 30.0 Å². The molecule has 1 aromatic heterocycles. The highest BCUT2D eigenvalue weighted by Gasteiger charge is 2.20. The molecule has 1 heterocycles. The van der Waals surface area contributed by atoms with Crippen LogP contribution in [-0.2, 0) is 9.84 Å². The fourth-order valence-corrected chi connectivity index (χ4v) is 2.97. The van der Waals surface area contributed by atoms with E-state index in [0.29, 0.717) is 0 Å². The Morgan fingerprint density at radius 1 is 1.53 bits per heavy atom. The van der Waals surface area contributed by atoms with Gasteiger partial charge in [-0.1, -0.05) is 6.92 Å². The van der Waals surface area contributed by atoms with Crippen LogP contribution in [0.1, 0.15) is 6.92 Å². The molecular formula is C9H11ClN2O4S. The van der Waals surface area contributed by atoms with E-state index in [1.807, 2.05) is 0 Å². The lowest BCUT2D eigenvalue weighted by Gasteiger charge is -2.07. The third-order valence-corrected chi connectivity index (χ3v) is 4.53. The molecular weight excluding hydrogens is 268 g/mol. The maximum absolute atomic E-state index is 11.8. The molecule has 8 heteroatoms. The van der Waals surface area contributed by atoms with Gasteiger partial charge in [-0.2, -0.15) is 0 Å². The molecule has 94 valence electrons. The van der Waals surface area contributed by atoms with Crippen molar-refractivity contribution in [1.82, 2.24) is 4.98 Å². The normalized spacial score (nSPS) is 13.3. The van der Waals surface area contributed by atoms with Gasteiger partial charge in [-0.3, -0.25) is 0 Å². The molecule has 17 heavy (non-hydrogen) atoms. The number of halogens is 1. The Morgan fingerprint density at radius 3 is 2.59 bits per heavy atom. The monoisotopic (exact) mass is 278 g/mol. The van der Waals surface area contributed by atoms with Crippen LogP contribution in [0.5, 0.6) is 0 Å². The minimum atomic E-state index is -3.48. The molecule has 0 saturated carbocycles. The van der Waals surface area contributed by atoms with Crippen molar-refractivity contribution < 1.29 is 13.3 Å². The maximum atomic E-state index is 11.8. The second kappa shape index (κ2) is 5.42. The quantitative estimate of drug-likeness (QED) is 0.464. The highest BCUT2D eigenvalue weighted by molar-refractivity contribution is 7.91. The first-order valence-corrected chi connectivity index (χ1v) is 6.94. The predicted octanol–water partition coefficient (Wildman–Crippen LogP) is 1.64. The van der Waals surface area contributed by atoms with Gasteiger partial charge < -0.3 is 10.1 Å². The lowest BCUT2D eigenvalue weighted by atomic mass is 10.3. The number of nitrogens with zero attached hydrogens (tertiary/aromatic N) is 2. The molecule has 0 amide bonds. The van der Waals surface area contributed by atoms with E-state index in [-0.39, 0.29) is 28.3 Å². The zero-order chi connectivity index (χ0) is 13.1. The first-order valence-electron chi connectivity index (χ1n) is 4.76. The van der Waals surface area contributed by atoms with E-state index in [2.05, 4.69) is 4.98 Å². The largest absolute Gasteiger partial charge is 0.363 e. The lowest BCUT2D eigenvalue weighted by Crippen LogP contribution is -2.15. The van der Waals surface area contributed by atoms with E-state index in [1.165, 1.54) is 6.07 Å². The van der Waals surface area contributed by atoms with Gasteiger partial charge in [-0.25, -0.2) is 8.42 Å². The lowest BCUT2D eigenvalue weighted by molar-refractivity contribution is -0.389. The first-order chi connectivity index (χ1) is 7.86. The van der Waals surface area contributed by atoms with Gasteiger partial charge in [0.1, 0.15) is 4.90 Å². The maximum Gasteiger partial charge on any atom is 0.363 e. The summed E-state index contributed by atoms with van der Waals surface area (Å²) in [5.74, 6) is -0.429. The highest BCUT2D eigenvalue weighted by atomic mass is 35.5. The van der Waals surface area contributed by atoms with Crippen LogP contribution in [0.2, 0.25) is 0 Å². The van der Waals surface area contributed by atoms with Crippen molar-refractivity contribution in [3.05, 3.63) is 28.4 Å². The van der Waals surface area contributed by atoms with Crippen molar-refractivity contribution in [1.29, 1.82) is 0 Å². The molecule has 1 aromatic rings. The van der Waals surface area contributed by atoms with Crippen molar-refractivity contribution >= 4 is 27.3 Å². The average molecular weight is 279 g/mol. The highest BCUT2D eigenvalue weighted by Crippen LogP contribution is 2.16. The van der Waals surface area contributed by atoms with Gasteiger partial charge in [0, 0.05) is 11.9 Å². The molecule has 0 radical (unpaired) electrons. The number of sulfone groups is 1. The van der Waals surface area contributed by atoms with Crippen molar-refractivity contribution in [3.63, 3.8) is 0 Å². The van der Waals surface area contributed by atoms with E-state index in [9.17, 15) is 18.5 Å². The molecule has 0 aliphatic carbocycles. The van der Waals surface area contributed by atoms with Gasteiger partial charge in [0.25, 0.3) is 0 Å². The van der Waals surface area contributed by atoms with Gasteiger partial charge >= 0.3 is 5.82 Å². The number of nitro groups is 1. The van der Waals surface area contributed by atoms with Gasteiger partial charge in [-0.05, 0) is 21.9 Å². The van der Waals surface area contributed by atoms with E-state index >= 15 is 0 Å². The van der Waals surface area contributed by atoms with Gasteiger partial charge in [0.15, 0.2) is 16.0 Å². The zero-order valence-electron chi connectivity index (χ0n) is 9.04. The van der Waals surface area contributed by atoms with Crippen LogP contribution in [0.25, 0.3) is 0 Å². The molecule has 0 aliphatic heterocycles. The Morgan fingerprint density at radius 2 is 2.18 bits per heavy atom. The Labute approximate surface area is 104 Å². The second-order valence-electron chi connectivity index (χ2n) is 3.65. The van der Waals surface area contributed by atoms with Gasteiger partial charge in [-0.15, -0.1) is 11.6 Å². The molecule has 0 spiro atoms. The Balaban J connectivity index is 2.96. The van der Waals surface area contributed by atoms with Crippen molar-refractivity contribution in [3.8, 4) is 0 Å². The minimum Gasteiger partial charge on any atom is -0.358 e. The number of pyridine rings is 1. The van der Waals surface area contributed by atoms with E-state index in [0.717, 1.165) is 12.3 Å². The van der Waals surface area contributed by atoms with Crippen molar-refractivity contribution in [2.75, 3.05) is 11.6 Å². The fourth-order valence-electron chi connectivity index (χ4n) is 1.18. The van der Waals surface area contributed by atoms with E-state index in [4.69, 9.17) is 11.6 Å². The second-order valence-corrected chi connectivity index (χ2v) is 5.99. The van der Waals surface area contributed by atoms with E-state index < -0.39 is 14.8 Å². The summed E-state index contributed by atoms with van der Waals surface area (Å²) < 4.78 is 23.6. The van der Waals surface area contributed by atoms with Gasteiger partial charge in [0.05, 0.1) is 5.75 Å². The summed E-state index contributed by atoms with van der Waals surface area (Å²) in [4.78, 5) is 13.1. The molecule has 0 aromatic carbocycles. The molecule has 0 aliphatic rings. The van der Waals surface area contributed by atoms with Crippen LogP contribution in [0.3, 0.4) is 0 Å². The average Bonchev–Trinajstić information content (AvgIpc) is 2.28. The molecule has 1 rings (SSSR count). The SMILES string of the molecule is CC(CCl)CS(=O)(=O)c1ccc([N+](=O)[O-])nc1. The Bertz CT molecular complexity index is 500. The van der Waals surface area contributed by atoms with E-state index in [1.54, 1.807) is 6.92 Å². The van der Waals surface area contributed by atoms with Crippen LogP contribution < -0.4 is 0 Å². The number of hydrogen-bond acceptors (Lipinski definition) is 5. The topological polar surface area (TPSA) is 90.2 Å². The van der Waals surface area contributed by atoms with Gasteiger partial charge in [0.2, 0.25) is 0 Å². The van der Waals surface area contributed by atoms with Crippen molar-refractivity contribution in [2.24, 2.45) is 5.92 Å². The zero-order valence-corrected chi connectivity index (χ0v) is 10.6. The summed E-state index contributed by atoms with van der Waals surface area (Å²) in [5, 5.41) is 10.4. The number of aromatic nitrogens is 1. The molecule has 0 N–H and O–H groups in total. The summed E-state index contributed by atoms with van der Waals surface area (Å²) in [6.07, 6.45) is 0.994. The van der Waals surface area contributed by atoms with Crippen LogP contribution in [0.15, 0.2) is 23.2 Å². The molecule has 0 bridgehead atoms. The third kappa shape index (κ3) is 3.64. The molecule has 1 atom stereocenters. The summed E-state index contributed by atoms with van der Waals surface area (Å²) in [6.45, 7) is 1.71.